The van der Waals surface area contributed by atoms with E-state index in [1.165, 1.54) is 10.6 Å². The van der Waals surface area contributed by atoms with E-state index in [4.69, 9.17) is 0 Å². The number of hydrogen-bond donors (Lipinski definition) is 1. The minimum Gasteiger partial charge on any atom is -0.352 e. The van der Waals surface area contributed by atoms with Gasteiger partial charge in [-0.05, 0) is 25.7 Å². The molecule has 0 radical (unpaired) electrons. The molecule has 2 aliphatic rings. The van der Waals surface area contributed by atoms with E-state index in [-0.39, 0.29) is 23.8 Å². The second-order valence-electron chi connectivity index (χ2n) is 6.50. The summed E-state index contributed by atoms with van der Waals surface area (Å²) < 4.78 is 24.7. The average molecular weight is 345 g/mol. The molecule has 2 amide bonds. The first-order valence-electron chi connectivity index (χ1n) is 8.34. The van der Waals surface area contributed by atoms with Gasteiger partial charge in [-0.2, -0.15) is 0 Å². The third kappa shape index (κ3) is 4.91. The van der Waals surface area contributed by atoms with Crippen LogP contribution >= 0.6 is 0 Å². The normalized spacial score (nSPS) is 26.8. The third-order valence-electron chi connectivity index (χ3n) is 4.65. The van der Waals surface area contributed by atoms with Crippen molar-refractivity contribution in [3.63, 3.8) is 0 Å². The summed E-state index contributed by atoms with van der Waals surface area (Å²) in [6.45, 7) is 3.89. The number of rotatable bonds is 4. The van der Waals surface area contributed by atoms with Crippen LogP contribution < -0.4 is 5.32 Å². The van der Waals surface area contributed by atoms with Crippen LogP contribution in [0.3, 0.4) is 0 Å². The van der Waals surface area contributed by atoms with Gasteiger partial charge in [-0.3, -0.25) is 9.59 Å². The lowest BCUT2D eigenvalue weighted by molar-refractivity contribution is -0.135. The lowest BCUT2D eigenvalue weighted by Gasteiger charge is -2.35. The Morgan fingerprint density at radius 3 is 2.48 bits per heavy atom. The molecule has 2 saturated heterocycles. The first kappa shape index (κ1) is 18.2. The van der Waals surface area contributed by atoms with Crippen molar-refractivity contribution in [2.45, 2.75) is 45.1 Å². The molecule has 23 heavy (non-hydrogen) atoms. The van der Waals surface area contributed by atoms with Crippen molar-refractivity contribution < 1.29 is 18.0 Å². The van der Waals surface area contributed by atoms with E-state index in [2.05, 4.69) is 5.32 Å². The van der Waals surface area contributed by atoms with E-state index in [0.29, 0.717) is 26.1 Å². The molecule has 2 rings (SSSR count). The largest absolute Gasteiger partial charge is 0.352 e. The van der Waals surface area contributed by atoms with Gasteiger partial charge in [-0.25, -0.2) is 12.7 Å². The molecule has 0 aliphatic carbocycles. The van der Waals surface area contributed by atoms with Gasteiger partial charge in [0.15, 0.2) is 0 Å². The van der Waals surface area contributed by atoms with Crippen LogP contribution in [-0.2, 0) is 19.6 Å². The Morgan fingerprint density at radius 2 is 1.83 bits per heavy atom. The molecule has 1 N–H and O–H groups in total. The molecule has 132 valence electrons. The number of nitrogens with zero attached hydrogens (tertiary/aromatic N) is 2. The van der Waals surface area contributed by atoms with Gasteiger partial charge < -0.3 is 10.2 Å². The van der Waals surface area contributed by atoms with Crippen molar-refractivity contribution in [3.05, 3.63) is 0 Å². The smallest absolute Gasteiger partial charge is 0.225 e. The first-order valence-corrected chi connectivity index (χ1v) is 10.2. The molecule has 0 aromatic heterocycles. The number of hydrogen-bond acceptors (Lipinski definition) is 4. The van der Waals surface area contributed by atoms with Crippen molar-refractivity contribution in [2.75, 3.05) is 32.4 Å². The topological polar surface area (TPSA) is 86.8 Å². The van der Waals surface area contributed by atoms with Crippen molar-refractivity contribution >= 4 is 21.8 Å². The van der Waals surface area contributed by atoms with Crippen LogP contribution in [0.25, 0.3) is 0 Å². The van der Waals surface area contributed by atoms with E-state index in [1.807, 2.05) is 6.92 Å². The molecule has 2 unspecified atom stereocenters. The standard InChI is InChI=1S/C15H27N3O4S/c1-3-14(19)17-8-4-6-12(10-17)15(20)16-13-7-5-9-18(11-13)23(2,21)22/h12-13H,3-11H2,1-2H3,(H,16,20). The van der Waals surface area contributed by atoms with Crippen molar-refractivity contribution in [3.8, 4) is 0 Å². The van der Waals surface area contributed by atoms with E-state index in [1.54, 1.807) is 4.90 Å². The van der Waals surface area contributed by atoms with Crippen LogP contribution in [-0.4, -0.2) is 67.9 Å². The van der Waals surface area contributed by atoms with Gasteiger partial charge in [0, 0.05) is 38.6 Å². The van der Waals surface area contributed by atoms with Gasteiger partial charge in [0.25, 0.3) is 0 Å². The number of nitrogens with one attached hydrogen (secondary N) is 1. The number of carbonyl (C=O) groups is 2. The zero-order valence-corrected chi connectivity index (χ0v) is 14.8. The molecule has 8 heteroatoms. The lowest BCUT2D eigenvalue weighted by Crippen LogP contribution is -2.52. The maximum absolute atomic E-state index is 12.5. The molecular formula is C15H27N3O4S. The Bertz CT molecular complexity index is 549. The van der Waals surface area contributed by atoms with Crippen LogP contribution in [0.15, 0.2) is 0 Å². The third-order valence-corrected chi connectivity index (χ3v) is 5.92. The first-order chi connectivity index (χ1) is 10.8. The Balaban J connectivity index is 1.89. The molecule has 0 aromatic rings. The van der Waals surface area contributed by atoms with E-state index < -0.39 is 10.0 Å². The van der Waals surface area contributed by atoms with E-state index >= 15 is 0 Å². The molecule has 0 bridgehead atoms. The fourth-order valence-electron chi connectivity index (χ4n) is 3.32. The van der Waals surface area contributed by atoms with Crippen LogP contribution in [0.2, 0.25) is 0 Å². The molecule has 0 spiro atoms. The summed E-state index contributed by atoms with van der Waals surface area (Å²) in [4.78, 5) is 26.0. The van der Waals surface area contributed by atoms with Gasteiger partial charge >= 0.3 is 0 Å². The van der Waals surface area contributed by atoms with E-state index in [9.17, 15) is 18.0 Å². The van der Waals surface area contributed by atoms with Gasteiger partial charge in [0.05, 0.1) is 12.2 Å². The Morgan fingerprint density at radius 1 is 1.13 bits per heavy atom. The fraction of sp³-hybridized carbons (Fsp3) is 0.867. The maximum atomic E-state index is 12.5. The van der Waals surface area contributed by atoms with Crippen LogP contribution in [0.5, 0.6) is 0 Å². The minimum absolute atomic E-state index is 0.0565. The maximum Gasteiger partial charge on any atom is 0.225 e. The number of sulfonamides is 1. The zero-order chi connectivity index (χ0) is 17.0. The summed E-state index contributed by atoms with van der Waals surface area (Å²) in [5.41, 5.74) is 0. The molecule has 2 aliphatic heterocycles. The SMILES string of the molecule is CCC(=O)N1CCCC(C(=O)NC2CCCN(S(C)(=O)=O)C2)C1. The summed E-state index contributed by atoms with van der Waals surface area (Å²) in [5.74, 6) is -0.157. The van der Waals surface area contributed by atoms with Gasteiger partial charge in [-0.15, -0.1) is 0 Å². The van der Waals surface area contributed by atoms with Crippen LogP contribution in [0.4, 0.5) is 0 Å². The van der Waals surface area contributed by atoms with Crippen LogP contribution in [0, 0.1) is 5.92 Å². The van der Waals surface area contributed by atoms with Gasteiger partial charge in [-0.1, -0.05) is 6.92 Å². The summed E-state index contributed by atoms with van der Waals surface area (Å²) in [6, 6.07) is -0.136. The zero-order valence-electron chi connectivity index (χ0n) is 14.0. The number of likely N-dealkylation sites (tertiary alicyclic amines) is 1. The quantitative estimate of drug-likeness (QED) is 0.787. The molecule has 0 aromatic carbocycles. The highest BCUT2D eigenvalue weighted by Crippen LogP contribution is 2.19. The van der Waals surface area contributed by atoms with Gasteiger partial charge in [0.2, 0.25) is 21.8 Å². The Kier molecular flexibility index (Phi) is 6.02. The minimum atomic E-state index is -3.21. The highest BCUT2D eigenvalue weighted by Gasteiger charge is 2.31. The van der Waals surface area contributed by atoms with Crippen molar-refractivity contribution in [1.82, 2.24) is 14.5 Å². The Hall–Kier alpha value is -1.15. The van der Waals surface area contributed by atoms with Gasteiger partial charge in [0.1, 0.15) is 0 Å². The predicted molar refractivity (Wildman–Crippen MR) is 87.2 cm³/mol. The average Bonchev–Trinajstić information content (AvgIpc) is 2.53. The lowest BCUT2D eigenvalue weighted by atomic mass is 9.96. The number of piperidine rings is 2. The highest BCUT2D eigenvalue weighted by atomic mass is 32.2. The molecule has 2 heterocycles. The summed E-state index contributed by atoms with van der Waals surface area (Å²) in [7, 11) is -3.21. The summed E-state index contributed by atoms with van der Waals surface area (Å²) in [6.07, 6.45) is 4.82. The highest BCUT2D eigenvalue weighted by molar-refractivity contribution is 7.88. The van der Waals surface area contributed by atoms with E-state index in [0.717, 1.165) is 32.2 Å². The number of amides is 2. The fourth-order valence-corrected chi connectivity index (χ4v) is 4.23. The molecule has 0 saturated carbocycles. The summed E-state index contributed by atoms with van der Waals surface area (Å²) >= 11 is 0. The molecule has 7 nitrogen and oxygen atoms in total. The second kappa shape index (κ2) is 7.61. The second-order valence-corrected chi connectivity index (χ2v) is 8.48. The predicted octanol–water partition coefficient (Wildman–Crippen LogP) is 0.175. The molecule has 2 atom stereocenters. The van der Waals surface area contributed by atoms with Crippen molar-refractivity contribution in [2.24, 2.45) is 5.92 Å². The number of carbonyl (C=O) groups excluding carboxylic acids is 2. The summed E-state index contributed by atoms with van der Waals surface area (Å²) in [5, 5.41) is 2.99. The van der Waals surface area contributed by atoms with Crippen LogP contribution in [0.1, 0.15) is 39.0 Å². The molecule has 2 fully saturated rings. The molecular weight excluding hydrogens is 318 g/mol. The van der Waals surface area contributed by atoms with Crippen molar-refractivity contribution in [1.29, 1.82) is 0 Å². The Labute approximate surface area is 138 Å². The monoisotopic (exact) mass is 345 g/mol.